The van der Waals surface area contributed by atoms with Crippen LogP contribution in [0.25, 0.3) is 0 Å². The molecule has 1 amide bonds. The second-order valence-corrected chi connectivity index (χ2v) is 5.89. The summed E-state index contributed by atoms with van der Waals surface area (Å²) in [4.78, 5) is 12.3. The van der Waals surface area contributed by atoms with Crippen molar-refractivity contribution in [3.05, 3.63) is 29.8 Å². The summed E-state index contributed by atoms with van der Waals surface area (Å²) in [5, 5.41) is 12.7. The minimum absolute atomic E-state index is 0.144. The van der Waals surface area contributed by atoms with E-state index in [0.717, 1.165) is 11.3 Å². The van der Waals surface area contributed by atoms with Crippen LogP contribution in [0.3, 0.4) is 0 Å². The Labute approximate surface area is 114 Å². The third-order valence-electron chi connectivity index (χ3n) is 4.63. The van der Waals surface area contributed by atoms with E-state index in [1.165, 1.54) is 25.7 Å². The van der Waals surface area contributed by atoms with Gasteiger partial charge >= 0.3 is 0 Å². The highest BCUT2D eigenvalue weighted by Gasteiger charge is 2.54. The molecule has 0 heterocycles. The highest BCUT2D eigenvalue weighted by Crippen LogP contribution is 2.55. The van der Waals surface area contributed by atoms with Gasteiger partial charge in [0.2, 0.25) is 5.91 Å². The van der Waals surface area contributed by atoms with Gasteiger partial charge in [0.25, 0.3) is 0 Å². The van der Waals surface area contributed by atoms with Gasteiger partial charge in [0.15, 0.2) is 0 Å². The lowest BCUT2D eigenvalue weighted by molar-refractivity contribution is -0.117. The van der Waals surface area contributed by atoms with Crippen molar-refractivity contribution in [3.63, 3.8) is 0 Å². The first-order valence-electron chi connectivity index (χ1n) is 7.26. The van der Waals surface area contributed by atoms with Gasteiger partial charge in [0.05, 0.1) is 6.10 Å². The summed E-state index contributed by atoms with van der Waals surface area (Å²) in [5.74, 6) is 1.59. The van der Waals surface area contributed by atoms with E-state index in [-0.39, 0.29) is 11.8 Å². The molecule has 0 bridgehead atoms. The Morgan fingerprint density at radius 2 is 1.89 bits per heavy atom. The van der Waals surface area contributed by atoms with Crippen LogP contribution in [0.4, 0.5) is 5.69 Å². The van der Waals surface area contributed by atoms with Crippen LogP contribution in [0.15, 0.2) is 24.3 Å². The first-order chi connectivity index (χ1) is 9.18. The summed E-state index contributed by atoms with van der Waals surface area (Å²) in [6, 6.07) is 7.50. The van der Waals surface area contributed by atoms with Gasteiger partial charge in [-0.05, 0) is 37.7 Å². The summed E-state index contributed by atoms with van der Waals surface area (Å²) in [5.41, 5.74) is 1.55. The van der Waals surface area contributed by atoms with E-state index in [2.05, 4.69) is 5.32 Å². The lowest BCUT2D eigenvalue weighted by Crippen LogP contribution is -2.17. The van der Waals surface area contributed by atoms with E-state index in [1.807, 2.05) is 24.3 Å². The Morgan fingerprint density at radius 1 is 1.26 bits per heavy atom. The molecular formula is C16H21NO2. The number of carbonyl (C=O) groups is 1. The molecule has 0 saturated heterocycles. The van der Waals surface area contributed by atoms with E-state index in [9.17, 15) is 9.90 Å². The lowest BCUT2D eigenvalue weighted by Gasteiger charge is -2.12. The van der Waals surface area contributed by atoms with Crippen molar-refractivity contribution in [2.75, 3.05) is 5.32 Å². The van der Waals surface area contributed by atoms with Gasteiger partial charge in [-0.3, -0.25) is 4.79 Å². The number of para-hydroxylation sites is 1. The molecule has 3 atom stereocenters. The molecule has 2 aliphatic rings. The molecular weight excluding hydrogens is 238 g/mol. The normalized spacial score (nSPS) is 30.3. The molecule has 2 fully saturated rings. The van der Waals surface area contributed by atoms with Gasteiger partial charge in [-0.25, -0.2) is 0 Å². The average Bonchev–Trinajstić information content (AvgIpc) is 3.13. The number of carbonyl (C=O) groups excluding carboxylic acids is 1. The largest absolute Gasteiger partial charge is 0.389 e. The molecule has 3 nitrogen and oxygen atoms in total. The van der Waals surface area contributed by atoms with Crippen LogP contribution < -0.4 is 5.32 Å². The molecule has 0 spiro atoms. The number of fused-ring (bicyclic) bond motifs is 1. The number of hydrogen-bond donors (Lipinski definition) is 2. The van der Waals surface area contributed by atoms with E-state index in [4.69, 9.17) is 0 Å². The zero-order chi connectivity index (χ0) is 13.4. The number of hydrogen-bond acceptors (Lipinski definition) is 2. The van der Waals surface area contributed by atoms with Crippen molar-refractivity contribution in [2.45, 2.75) is 38.7 Å². The Kier molecular flexibility index (Phi) is 3.31. The second-order valence-electron chi connectivity index (χ2n) is 5.89. The summed E-state index contributed by atoms with van der Waals surface area (Å²) >= 11 is 0. The van der Waals surface area contributed by atoms with Crippen molar-refractivity contribution in [2.24, 2.45) is 17.8 Å². The summed E-state index contributed by atoms with van der Waals surface area (Å²) < 4.78 is 0. The SMILES string of the molecule is CC(O)c1ccccc1NC(=O)C1C2CCCCC21. The monoisotopic (exact) mass is 259 g/mol. The molecule has 102 valence electrons. The highest BCUT2D eigenvalue weighted by molar-refractivity contribution is 5.95. The van der Waals surface area contributed by atoms with Crippen LogP contribution in [0, 0.1) is 17.8 Å². The van der Waals surface area contributed by atoms with Crippen molar-refractivity contribution in [1.29, 1.82) is 0 Å². The standard InChI is InChI=1S/C16H21NO2/c1-10(18)11-6-4-5-9-14(11)17-16(19)15-12-7-2-3-8-13(12)15/h4-6,9-10,12-13,15,18H,2-3,7-8H2,1H3,(H,17,19). The molecule has 19 heavy (non-hydrogen) atoms. The maximum atomic E-state index is 12.3. The van der Waals surface area contributed by atoms with Crippen molar-refractivity contribution in [1.82, 2.24) is 0 Å². The zero-order valence-electron chi connectivity index (χ0n) is 11.3. The topological polar surface area (TPSA) is 49.3 Å². The summed E-state index contributed by atoms with van der Waals surface area (Å²) in [6.07, 6.45) is 4.41. The number of benzene rings is 1. The van der Waals surface area contributed by atoms with Gasteiger partial charge in [-0.15, -0.1) is 0 Å². The van der Waals surface area contributed by atoms with Crippen LogP contribution in [0.2, 0.25) is 0 Å². The molecule has 3 rings (SSSR count). The van der Waals surface area contributed by atoms with Crippen LogP contribution in [-0.4, -0.2) is 11.0 Å². The number of aliphatic hydroxyl groups excluding tert-OH is 1. The second kappa shape index (κ2) is 4.97. The smallest absolute Gasteiger partial charge is 0.228 e. The van der Waals surface area contributed by atoms with E-state index in [1.54, 1.807) is 6.92 Å². The van der Waals surface area contributed by atoms with Crippen LogP contribution >= 0.6 is 0 Å². The van der Waals surface area contributed by atoms with Gasteiger partial charge in [0.1, 0.15) is 0 Å². The van der Waals surface area contributed by atoms with Crippen molar-refractivity contribution >= 4 is 11.6 Å². The fourth-order valence-corrected chi connectivity index (χ4v) is 3.57. The van der Waals surface area contributed by atoms with Gasteiger partial charge in [-0.1, -0.05) is 31.0 Å². The molecule has 0 aliphatic heterocycles. The van der Waals surface area contributed by atoms with Gasteiger partial charge in [0, 0.05) is 17.2 Å². The van der Waals surface area contributed by atoms with Crippen LogP contribution in [-0.2, 0) is 4.79 Å². The Balaban J connectivity index is 1.70. The first-order valence-corrected chi connectivity index (χ1v) is 7.26. The molecule has 1 aromatic carbocycles. The molecule has 2 aliphatic carbocycles. The lowest BCUT2D eigenvalue weighted by atomic mass is 10.0. The van der Waals surface area contributed by atoms with Crippen LogP contribution in [0.1, 0.15) is 44.3 Å². The predicted octanol–water partition coefficient (Wildman–Crippen LogP) is 3.11. The first kappa shape index (κ1) is 12.7. The van der Waals surface area contributed by atoms with E-state index < -0.39 is 6.10 Å². The quantitative estimate of drug-likeness (QED) is 0.876. The molecule has 2 N–H and O–H groups in total. The highest BCUT2D eigenvalue weighted by atomic mass is 16.3. The maximum absolute atomic E-state index is 12.3. The molecule has 3 unspecified atom stereocenters. The Hall–Kier alpha value is -1.35. The zero-order valence-corrected chi connectivity index (χ0v) is 11.3. The van der Waals surface area contributed by atoms with Crippen molar-refractivity contribution in [3.8, 4) is 0 Å². The fraction of sp³-hybridized carbons (Fsp3) is 0.562. The molecule has 1 aromatic rings. The minimum atomic E-state index is -0.557. The van der Waals surface area contributed by atoms with Gasteiger partial charge < -0.3 is 10.4 Å². The van der Waals surface area contributed by atoms with Gasteiger partial charge in [-0.2, -0.15) is 0 Å². The minimum Gasteiger partial charge on any atom is -0.389 e. The van der Waals surface area contributed by atoms with E-state index >= 15 is 0 Å². The number of nitrogens with one attached hydrogen (secondary N) is 1. The van der Waals surface area contributed by atoms with Crippen molar-refractivity contribution < 1.29 is 9.90 Å². The number of aliphatic hydroxyl groups is 1. The average molecular weight is 259 g/mol. The Bertz CT molecular complexity index is 471. The molecule has 0 aromatic heterocycles. The summed E-state index contributed by atoms with van der Waals surface area (Å²) in [6.45, 7) is 1.72. The predicted molar refractivity (Wildman–Crippen MR) is 74.6 cm³/mol. The molecule has 3 heteroatoms. The number of rotatable bonds is 3. The van der Waals surface area contributed by atoms with E-state index in [0.29, 0.717) is 11.8 Å². The fourth-order valence-electron chi connectivity index (χ4n) is 3.57. The number of anilines is 1. The molecule has 2 saturated carbocycles. The maximum Gasteiger partial charge on any atom is 0.228 e. The third-order valence-corrected chi connectivity index (χ3v) is 4.63. The third kappa shape index (κ3) is 2.39. The van der Waals surface area contributed by atoms with Crippen LogP contribution in [0.5, 0.6) is 0 Å². The summed E-state index contributed by atoms with van der Waals surface area (Å²) in [7, 11) is 0. The Morgan fingerprint density at radius 3 is 2.53 bits per heavy atom. The number of amides is 1. The molecule has 0 radical (unpaired) electrons.